The van der Waals surface area contributed by atoms with E-state index in [1.165, 1.54) is 24.2 Å². The fourth-order valence-corrected chi connectivity index (χ4v) is 5.33. The first-order valence-electron chi connectivity index (χ1n) is 10.1. The predicted octanol–water partition coefficient (Wildman–Crippen LogP) is 5.43. The van der Waals surface area contributed by atoms with Crippen molar-refractivity contribution in [1.82, 2.24) is 0 Å². The lowest BCUT2D eigenvalue weighted by atomic mass is 9.88. The van der Waals surface area contributed by atoms with Crippen molar-refractivity contribution >= 4 is 35.0 Å². The molecule has 1 aliphatic carbocycles. The minimum absolute atomic E-state index is 0.0367. The highest BCUT2D eigenvalue weighted by molar-refractivity contribution is 8.00. The lowest BCUT2D eigenvalue weighted by Crippen LogP contribution is -2.29. The molecular weight excluding hydrogens is 387 g/mol. The first-order chi connectivity index (χ1) is 14.0. The Bertz CT molecular complexity index is 927. The molecule has 0 bridgehead atoms. The number of thioether (sulfide) groups is 1. The van der Waals surface area contributed by atoms with E-state index in [0.29, 0.717) is 17.0 Å². The highest BCUT2D eigenvalue weighted by Gasteiger charge is 2.35. The highest BCUT2D eigenvalue weighted by Crippen LogP contribution is 2.43. The Hall–Kier alpha value is -2.34. The monoisotopic (exact) mass is 412 g/mol. The Morgan fingerprint density at radius 3 is 2.69 bits per heavy atom. The SMILES string of the molecule is Cc1c(F)cccc1N1C(=O)CSC1c1cccc(NC(=O)C2CCCCC2)c1. The molecule has 1 saturated carbocycles. The second-order valence-electron chi connectivity index (χ2n) is 7.76. The molecule has 2 aliphatic rings. The molecule has 2 fully saturated rings. The van der Waals surface area contributed by atoms with Crippen LogP contribution in [0.25, 0.3) is 0 Å². The van der Waals surface area contributed by atoms with E-state index >= 15 is 0 Å². The van der Waals surface area contributed by atoms with E-state index < -0.39 is 0 Å². The molecule has 2 amide bonds. The van der Waals surface area contributed by atoms with E-state index in [0.717, 1.165) is 36.9 Å². The molecular formula is C23H25FN2O2S. The zero-order chi connectivity index (χ0) is 20.4. The van der Waals surface area contributed by atoms with Crippen LogP contribution in [0.3, 0.4) is 0 Å². The van der Waals surface area contributed by atoms with Crippen molar-refractivity contribution in [3.63, 3.8) is 0 Å². The van der Waals surface area contributed by atoms with Gasteiger partial charge < -0.3 is 5.32 Å². The summed E-state index contributed by atoms with van der Waals surface area (Å²) in [6, 6.07) is 12.5. The smallest absolute Gasteiger partial charge is 0.238 e. The van der Waals surface area contributed by atoms with Crippen molar-refractivity contribution in [3.05, 3.63) is 59.4 Å². The van der Waals surface area contributed by atoms with Crippen molar-refractivity contribution in [2.24, 2.45) is 5.92 Å². The number of halogens is 1. The van der Waals surface area contributed by atoms with Crippen LogP contribution in [0.1, 0.15) is 48.6 Å². The van der Waals surface area contributed by atoms with E-state index in [1.807, 2.05) is 24.3 Å². The number of nitrogens with one attached hydrogen (secondary N) is 1. The van der Waals surface area contributed by atoms with Crippen LogP contribution >= 0.6 is 11.8 Å². The third kappa shape index (κ3) is 4.17. The molecule has 2 aromatic carbocycles. The molecule has 0 aromatic heterocycles. The molecule has 0 radical (unpaired) electrons. The average molecular weight is 413 g/mol. The summed E-state index contributed by atoms with van der Waals surface area (Å²) in [5.41, 5.74) is 2.73. The van der Waals surface area contributed by atoms with Gasteiger partial charge in [-0.1, -0.05) is 37.5 Å². The molecule has 1 unspecified atom stereocenters. The molecule has 1 atom stereocenters. The minimum atomic E-state index is -0.320. The van der Waals surface area contributed by atoms with Gasteiger partial charge in [0.2, 0.25) is 11.8 Å². The molecule has 1 aliphatic heterocycles. The van der Waals surface area contributed by atoms with E-state index in [-0.39, 0.29) is 28.9 Å². The molecule has 2 aromatic rings. The van der Waals surface area contributed by atoms with Gasteiger partial charge in [-0.2, -0.15) is 0 Å². The van der Waals surface area contributed by atoms with Gasteiger partial charge in [0.1, 0.15) is 11.2 Å². The highest BCUT2D eigenvalue weighted by atomic mass is 32.2. The normalized spacial score (nSPS) is 20.1. The number of anilines is 2. The van der Waals surface area contributed by atoms with E-state index in [2.05, 4.69) is 5.32 Å². The van der Waals surface area contributed by atoms with Gasteiger partial charge in [-0.25, -0.2) is 4.39 Å². The lowest BCUT2D eigenvalue weighted by molar-refractivity contribution is -0.120. The molecule has 4 rings (SSSR count). The minimum Gasteiger partial charge on any atom is -0.326 e. The lowest BCUT2D eigenvalue weighted by Gasteiger charge is -2.26. The summed E-state index contributed by atoms with van der Waals surface area (Å²) < 4.78 is 14.1. The van der Waals surface area contributed by atoms with Crippen LogP contribution in [0.15, 0.2) is 42.5 Å². The van der Waals surface area contributed by atoms with Crippen LogP contribution in [0.5, 0.6) is 0 Å². The molecule has 1 N–H and O–H groups in total. The Balaban J connectivity index is 1.57. The van der Waals surface area contributed by atoms with Crippen LogP contribution in [-0.4, -0.2) is 17.6 Å². The fraction of sp³-hybridized carbons (Fsp3) is 0.391. The quantitative estimate of drug-likeness (QED) is 0.728. The van der Waals surface area contributed by atoms with Gasteiger partial charge in [-0.05, 0) is 49.6 Å². The van der Waals surface area contributed by atoms with Crippen LogP contribution in [0.4, 0.5) is 15.8 Å². The predicted molar refractivity (Wildman–Crippen MR) is 115 cm³/mol. The number of rotatable bonds is 4. The molecule has 1 saturated heterocycles. The Morgan fingerprint density at radius 1 is 1.14 bits per heavy atom. The molecule has 1 heterocycles. The zero-order valence-corrected chi connectivity index (χ0v) is 17.3. The van der Waals surface area contributed by atoms with Crippen molar-refractivity contribution in [1.29, 1.82) is 0 Å². The summed E-state index contributed by atoms with van der Waals surface area (Å²) in [5, 5.41) is 2.81. The second kappa shape index (κ2) is 8.57. The zero-order valence-electron chi connectivity index (χ0n) is 16.5. The van der Waals surface area contributed by atoms with Gasteiger partial charge in [-0.15, -0.1) is 11.8 Å². The van der Waals surface area contributed by atoms with Gasteiger partial charge >= 0.3 is 0 Å². The number of carbonyl (C=O) groups is 2. The van der Waals surface area contributed by atoms with E-state index in [4.69, 9.17) is 0 Å². The Labute approximate surface area is 174 Å². The maximum Gasteiger partial charge on any atom is 0.238 e. The number of hydrogen-bond donors (Lipinski definition) is 1. The first kappa shape index (κ1) is 20.0. The van der Waals surface area contributed by atoms with Gasteiger partial charge in [0.25, 0.3) is 0 Å². The van der Waals surface area contributed by atoms with Crippen molar-refractivity contribution in [2.75, 3.05) is 16.0 Å². The average Bonchev–Trinajstić information content (AvgIpc) is 3.12. The molecule has 4 nitrogen and oxygen atoms in total. The van der Waals surface area contributed by atoms with Crippen LogP contribution in [0, 0.1) is 18.7 Å². The van der Waals surface area contributed by atoms with Crippen LogP contribution in [-0.2, 0) is 9.59 Å². The standard InChI is InChI=1S/C23H25FN2O2S/c1-15-19(24)11-6-12-20(15)26-21(27)14-29-23(26)17-9-5-10-18(13-17)25-22(28)16-7-3-2-4-8-16/h5-6,9-13,16,23H,2-4,7-8,14H2,1H3,(H,25,28). The third-order valence-electron chi connectivity index (χ3n) is 5.78. The topological polar surface area (TPSA) is 49.4 Å². The maximum absolute atomic E-state index is 14.1. The Kier molecular flexibility index (Phi) is 5.90. The maximum atomic E-state index is 14.1. The Morgan fingerprint density at radius 2 is 1.90 bits per heavy atom. The van der Waals surface area contributed by atoms with E-state index in [9.17, 15) is 14.0 Å². The van der Waals surface area contributed by atoms with E-state index in [1.54, 1.807) is 24.0 Å². The van der Waals surface area contributed by atoms with Crippen molar-refractivity contribution < 1.29 is 14.0 Å². The number of amides is 2. The molecule has 0 spiro atoms. The third-order valence-corrected chi connectivity index (χ3v) is 6.99. The largest absolute Gasteiger partial charge is 0.326 e. The van der Waals surface area contributed by atoms with Crippen LogP contribution < -0.4 is 10.2 Å². The number of hydrogen-bond acceptors (Lipinski definition) is 3. The first-order valence-corrected chi connectivity index (χ1v) is 11.2. The summed E-state index contributed by atoms with van der Waals surface area (Å²) in [7, 11) is 0. The molecule has 152 valence electrons. The fourth-order valence-electron chi connectivity index (χ4n) is 4.17. The van der Waals surface area contributed by atoms with Crippen LogP contribution in [0.2, 0.25) is 0 Å². The second-order valence-corrected chi connectivity index (χ2v) is 8.83. The molecule has 6 heteroatoms. The summed E-state index contributed by atoms with van der Waals surface area (Å²) in [6.45, 7) is 1.69. The number of benzene rings is 2. The summed E-state index contributed by atoms with van der Waals surface area (Å²) >= 11 is 1.52. The molecule has 29 heavy (non-hydrogen) atoms. The number of carbonyl (C=O) groups excluding carboxylic acids is 2. The van der Waals surface area contributed by atoms with Crippen molar-refractivity contribution in [3.8, 4) is 0 Å². The van der Waals surface area contributed by atoms with Gasteiger partial charge in [0.15, 0.2) is 0 Å². The summed E-state index contributed by atoms with van der Waals surface area (Å²) in [6.07, 6.45) is 5.33. The van der Waals surface area contributed by atoms with Gasteiger partial charge in [-0.3, -0.25) is 14.5 Å². The van der Waals surface area contributed by atoms with Gasteiger partial charge in [0, 0.05) is 17.2 Å². The summed E-state index contributed by atoms with van der Waals surface area (Å²) in [4.78, 5) is 26.9. The summed E-state index contributed by atoms with van der Waals surface area (Å²) in [5.74, 6) is 0.153. The van der Waals surface area contributed by atoms with Crippen molar-refractivity contribution in [2.45, 2.75) is 44.4 Å². The van der Waals surface area contributed by atoms with Gasteiger partial charge in [0.05, 0.1) is 11.4 Å². The number of nitrogens with zero attached hydrogens (tertiary/aromatic N) is 1.